The van der Waals surface area contributed by atoms with Gasteiger partial charge in [0.15, 0.2) is 0 Å². The van der Waals surface area contributed by atoms with Gasteiger partial charge in [-0.05, 0) is 39.0 Å². The summed E-state index contributed by atoms with van der Waals surface area (Å²) in [5, 5.41) is 5.78. The van der Waals surface area contributed by atoms with Crippen LogP contribution in [0.3, 0.4) is 0 Å². The molecule has 0 spiro atoms. The van der Waals surface area contributed by atoms with Crippen LogP contribution < -0.4 is 10.6 Å². The summed E-state index contributed by atoms with van der Waals surface area (Å²) in [7, 11) is 0. The lowest BCUT2D eigenvalue weighted by Crippen LogP contribution is -2.38. The van der Waals surface area contributed by atoms with Gasteiger partial charge in [0, 0.05) is 19.7 Å². The molecule has 1 fully saturated rings. The maximum Gasteiger partial charge on any atom is 0.314 e. The molecule has 1 rings (SSSR count). The van der Waals surface area contributed by atoms with Crippen molar-refractivity contribution < 1.29 is 9.53 Å². The quantitative estimate of drug-likeness (QED) is 0.673. The molecule has 4 nitrogen and oxygen atoms in total. The van der Waals surface area contributed by atoms with Gasteiger partial charge in [-0.2, -0.15) is 0 Å². The zero-order chi connectivity index (χ0) is 12.5. The van der Waals surface area contributed by atoms with Crippen molar-refractivity contribution in [3.8, 4) is 0 Å². The monoisotopic (exact) mass is 242 g/mol. The molecule has 1 saturated carbocycles. The highest BCUT2D eigenvalue weighted by Crippen LogP contribution is 2.23. The fraction of sp³-hybridized carbons (Fsp3) is 0.923. The summed E-state index contributed by atoms with van der Waals surface area (Å²) in [6, 6.07) is -0.0403. The van der Waals surface area contributed by atoms with E-state index in [2.05, 4.69) is 10.6 Å². The molecule has 17 heavy (non-hydrogen) atoms. The molecule has 1 aliphatic carbocycles. The molecule has 0 aromatic carbocycles. The Morgan fingerprint density at radius 3 is 2.65 bits per heavy atom. The van der Waals surface area contributed by atoms with Crippen molar-refractivity contribution in [2.45, 2.75) is 52.1 Å². The van der Waals surface area contributed by atoms with Gasteiger partial charge in [-0.1, -0.05) is 12.8 Å². The molecule has 2 amide bonds. The molecular formula is C13H26N2O2. The van der Waals surface area contributed by atoms with Gasteiger partial charge < -0.3 is 15.4 Å². The third-order valence-electron chi connectivity index (χ3n) is 3.08. The van der Waals surface area contributed by atoms with E-state index < -0.39 is 0 Å². The van der Waals surface area contributed by atoms with Gasteiger partial charge in [0.05, 0.1) is 6.10 Å². The van der Waals surface area contributed by atoms with E-state index in [4.69, 9.17) is 4.74 Å². The van der Waals surface area contributed by atoms with Crippen molar-refractivity contribution in [2.24, 2.45) is 5.92 Å². The number of hydrogen-bond donors (Lipinski definition) is 2. The van der Waals surface area contributed by atoms with Crippen molar-refractivity contribution in [2.75, 3.05) is 19.7 Å². The number of rotatable bonds is 7. The van der Waals surface area contributed by atoms with Crippen LogP contribution in [0.4, 0.5) is 4.79 Å². The van der Waals surface area contributed by atoms with Gasteiger partial charge in [-0.25, -0.2) is 4.79 Å². The smallest absolute Gasteiger partial charge is 0.314 e. The molecule has 0 atom stereocenters. The second-order valence-corrected chi connectivity index (χ2v) is 5.06. The highest BCUT2D eigenvalue weighted by atomic mass is 16.5. The average molecular weight is 242 g/mol. The summed E-state index contributed by atoms with van der Waals surface area (Å²) in [4.78, 5) is 11.4. The zero-order valence-corrected chi connectivity index (χ0v) is 11.1. The third-order valence-corrected chi connectivity index (χ3v) is 3.08. The minimum absolute atomic E-state index is 0.0403. The Morgan fingerprint density at radius 1 is 1.29 bits per heavy atom. The van der Waals surface area contributed by atoms with Crippen molar-refractivity contribution >= 4 is 6.03 Å². The molecule has 0 radical (unpaired) electrons. The van der Waals surface area contributed by atoms with E-state index in [1.165, 1.54) is 25.7 Å². The van der Waals surface area contributed by atoms with Crippen LogP contribution in [0.5, 0.6) is 0 Å². The predicted octanol–water partition coefficient (Wildman–Crippen LogP) is 2.29. The lowest BCUT2D eigenvalue weighted by atomic mass is 10.1. The summed E-state index contributed by atoms with van der Waals surface area (Å²) >= 11 is 0. The SMILES string of the molecule is CC(C)OCCCNC(=O)NCC1CCCC1. The van der Waals surface area contributed by atoms with Gasteiger partial charge in [0.2, 0.25) is 0 Å². The number of nitrogens with one attached hydrogen (secondary N) is 2. The van der Waals surface area contributed by atoms with E-state index in [-0.39, 0.29) is 12.1 Å². The minimum atomic E-state index is -0.0403. The third kappa shape index (κ3) is 7.21. The number of ether oxygens (including phenoxy) is 1. The summed E-state index contributed by atoms with van der Waals surface area (Å²) < 4.78 is 5.39. The van der Waals surface area contributed by atoms with Crippen molar-refractivity contribution in [3.05, 3.63) is 0 Å². The summed E-state index contributed by atoms with van der Waals surface area (Å²) in [5.74, 6) is 0.699. The highest BCUT2D eigenvalue weighted by Gasteiger charge is 2.15. The number of hydrogen-bond acceptors (Lipinski definition) is 2. The second kappa shape index (κ2) is 8.34. The van der Waals surface area contributed by atoms with Gasteiger partial charge >= 0.3 is 6.03 Å². The number of carbonyl (C=O) groups excluding carboxylic acids is 1. The van der Waals surface area contributed by atoms with Gasteiger partial charge in [0.1, 0.15) is 0 Å². The topological polar surface area (TPSA) is 50.4 Å². The highest BCUT2D eigenvalue weighted by molar-refractivity contribution is 5.73. The zero-order valence-electron chi connectivity index (χ0n) is 11.1. The molecule has 2 N–H and O–H groups in total. The Kier molecular flexibility index (Phi) is 7.01. The molecule has 4 heteroatoms. The molecule has 100 valence electrons. The average Bonchev–Trinajstić information content (AvgIpc) is 2.78. The summed E-state index contributed by atoms with van der Waals surface area (Å²) in [6.07, 6.45) is 6.31. The van der Waals surface area contributed by atoms with Crippen molar-refractivity contribution in [1.82, 2.24) is 10.6 Å². The minimum Gasteiger partial charge on any atom is -0.379 e. The van der Waals surface area contributed by atoms with Crippen LogP contribution >= 0.6 is 0 Å². The fourth-order valence-corrected chi connectivity index (χ4v) is 2.11. The first-order valence-electron chi connectivity index (χ1n) is 6.82. The number of amides is 2. The van der Waals surface area contributed by atoms with E-state index in [0.29, 0.717) is 19.1 Å². The van der Waals surface area contributed by atoms with Crippen LogP contribution in [0.2, 0.25) is 0 Å². The van der Waals surface area contributed by atoms with Gasteiger partial charge in [-0.15, -0.1) is 0 Å². The molecule has 0 aromatic rings. The van der Waals surface area contributed by atoms with Crippen LogP contribution in [0.1, 0.15) is 46.0 Å². The Bertz CT molecular complexity index is 213. The van der Waals surface area contributed by atoms with Gasteiger partial charge in [0.25, 0.3) is 0 Å². The molecule has 0 aliphatic heterocycles. The van der Waals surface area contributed by atoms with Crippen molar-refractivity contribution in [3.63, 3.8) is 0 Å². The normalized spacial score (nSPS) is 16.4. The fourth-order valence-electron chi connectivity index (χ4n) is 2.11. The summed E-state index contributed by atoms with van der Waals surface area (Å²) in [6.45, 7) is 6.25. The maximum absolute atomic E-state index is 11.4. The Balaban J connectivity index is 1.90. The van der Waals surface area contributed by atoms with Crippen LogP contribution in [0.25, 0.3) is 0 Å². The van der Waals surface area contributed by atoms with Crippen LogP contribution in [-0.4, -0.2) is 31.8 Å². The summed E-state index contributed by atoms with van der Waals surface area (Å²) in [5.41, 5.74) is 0. The first-order valence-corrected chi connectivity index (χ1v) is 6.82. The largest absolute Gasteiger partial charge is 0.379 e. The van der Waals surface area contributed by atoms with Crippen LogP contribution in [0.15, 0.2) is 0 Å². The Hall–Kier alpha value is -0.770. The van der Waals surface area contributed by atoms with E-state index in [1.54, 1.807) is 0 Å². The van der Waals surface area contributed by atoms with E-state index in [1.807, 2.05) is 13.8 Å². The molecule has 0 bridgehead atoms. The maximum atomic E-state index is 11.4. The van der Waals surface area contributed by atoms with E-state index in [9.17, 15) is 4.79 Å². The predicted molar refractivity (Wildman–Crippen MR) is 69.1 cm³/mol. The number of carbonyl (C=O) groups is 1. The molecule has 0 unspecified atom stereocenters. The van der Waals surface area contributed by atoms with E-state index in [0.717, 1.165) is 13.0 Å². The van der Waals surface area contributed by atoms with Gasteiger partial charge in [-0.3, -0.25) is 0 Å². The standard InChI is InChI=1S/C13H26N2O2/c1-11(2)17-9-5-8-14-13(16)15-10-12-6-3-4-7-12/h11-12H,3-10H2,1-2H3,(H2,14,15,16). The first-order chi connectivity index (χ1) is 8.18. The molecule has 0 heterocycles. The molecule has 0 aromatic heterocycles. The molecular weight excluding hydrogens is 216 g/mol. The number of urea groups is 1. The first kappa shape index (κ1) is 14.3. The molecule has 1 aliphatic rings. The lowest BCUT2D eigenvalue weighted by Gasteiger charge is -2.12. The Labute approximate surface area is 104 Å². The van der Waals surface area contributed by atoms with E-state index >= 15 is 0 Å². The van der Waals surface area contributed by atoms with Crippen molar-refractivity contribution in [1.29, 1.82) is 0 Å². The lowest BCUT2D eigenvalue weighted by molar-refractivity contribution is 0.0774. The second-order valence-electron chi connectivity index (χ2n) is 5.06. The molecule has 0 saturated heterocycles. The Morgan fingerprint density at radius 2 is 2.00 bits per heavy atom. The van der Waals surface area contributed by atoms with Crippen LogP contribution in [0, 0.1) is 5.92 Å². The van der Waals surface area contributed by atoms with Crippen LogP contribution in [-0.2, 0) is 4.74 Å².